The van der Waals surface area contributed by atoms with Crippen molar-refractivity contribution in [2.24, 2.45) is 0 Å². The van der Waals surface area contributed by atoms with Crippen LogP contribution in [0.5, 0.6) is 0 Å². The van der Waals surface area contributed by atoms with E-state index >= 15 is 0 Å². The van der Waals surface area contributed by atoms with E-state index in [9.17, 15) is 9.90 Å². The minimum absolute atomic E-state index is 0. The molecule has 0 bridgehead atoms. The standard InChI is InChI=1S/C17H20N2O3.ClH/c20-16(10-19-17(21)15-11-22-8-7-18-15)14-6-5-12-3-1-2-4-13(12)9-14;/h1-6,9,15-16,18,20H,7-8,10-11H2,(H,19,21);1H. The molecule has 3 N–H and O–H groups in total. The third-order valence-electron chi connectivity index (χ3n) is 3.87. The number of aliphatic hydroxyl groups excluding tert-OH is 1. The van der Waals surface area contributed by atoms with Gasteiger partial charge < -0.3 is 20.5 Å². The first kappa shape index (κ1) is 17.7. The van der Waals surface area contributed by atoms with Crippen LogP contribution in [0.3, 0.4) is 0 Å². The molecule has 1 aliphatic rings. The summed E-state index contributed by atoms with van der Waals surface area (Å²) >= 11 is 0. The molecule has 0 aromatic heterocycles. The van der Waals surface area contributed by atoms with E-state index in [-0.39, 0.29) is 30.9 Å². The summed E-state index contributed by atoms with van der Waals surface area (Å²) in [7, 11) is 0. The molecule has 1 fully saturated rings. The van der Waals surface area contributed by atoms with Crippen LogP contribution in [0.1, 0.15) is 11.7 Å². The normalized spacial score (nSPS) is 18.9. The lowest BCUT2D eigenvalue weighted by molar-refractivity contribution is -0.126. The van der Waals surface area contributed by atoms with Crippen molar-refractivity contribution >= 4 is 29.1 Å². The van der Waals surface area contributed by atoms with E-state index in [0.29, 0.717) is 19.8 Å². The third-order valence-corrected chi connectivity index (χ3v) is 3.87. The van der Waals surface area contributed by atoms with Crippen LogP contribution in [0.4, 0.5) is 0 Å². The van der Waals surface area contributed by atoms with Crippen molar-refractivity contribution < 1.29 is 14.6 Å². The van der Waals surface area contributed by atoms with E-state index < -0.39 is 6.10 Å². The van der Waals surface area contributed by atoms with Crippen molar-refractivity contribution in [2.75, 3.05) is 26.3 Å². The fourth-order valence-corrected chi connectivity index (χ4v) is 2.59. The Bertz CT molecular complexity index is 659. The summed E-state index contributed by atoms with van der Waals surface area (Å²) in [5.41, 5.74) is 0.798. The Kier molecular flexibility index (Phi) is 6.36. The number of ether oxygens (including phenoxy) is 1. The molecule has 0 spiro atoms. The SMILES string of the molecule is Cl.O=C(NCC(O)c1ccc2ccccc2c1)C1COCCN1. The number of nitrogens with one attached hydrogen (secondary N) is 2. The van der Waals surface area contributed by atoms with Crippen LogP contribution in [-0.2, 0) is 9.53 Å². The molecule has 0 radical (unpaired) electrons. The highest BCUT2D eigenvalue weighted by molar-refractivity contribution is 5.85. The van der Waals surface area contributed by atoms with E-state index in [1.807, 2.05) is 42.5 Å². The van der Waals surface area contributed by atoms with E-state index in [0.717, 1.165) is 16.3 Å². The Hall–Kier alpha value is -1.66. The number of carbonyl (C=O) groups excluding carboxylic acids is 1. The number of hydrogen-bond donors (Lipinski definition) is 3. The molecule has 0 saturated carbocycles. The zero-order valence-electron chi connectivity index (χ0n) is 12.7. The molecule has 6 heteroatoms. The molecule has 2 unspecified atom stereocenters. The number of benzene rings is 2. The van der Waals surface area contributed by atoms with Gasteiger partial charge in [0, 0.05) is 13.1 Å². The van der Waals surface area contributed by atoms with E-state index in [1.54, 1.807) is 0 Å². The second kappa shape index (κ2) is 8.26. The summed E-state index contributed by atoms with van der Waals surface area (Å²) in [5.74, 6) is -0.139. The monoisotopic (exact) mass is 336 g/mol. The molecule has 3 rings (SSSR count). The molecule has 1 amide bonds. The molecule has 0 aliphatic carbocycles. The van der Waals surface area contributed by atoms with Crippen molar-refractivity contribution in [1.29, 1.82) is 0 Å². The highest BCUT2D eigenvalue weighted by atomic mass is 35.5. The van der Waals surface area contributed by atoms with Gasteiger partial charge in [-0.3, -0.25) is 4.79 Å². The van der Waals surface area contributed by atoms with Crippen LogP contribution in [0.15, 0.2) is 42.5 Å². The van der Waals surface area contributed by atoms with Gasteiger partial charge in [-0.15, -0.1) is 12.4 Å². The fourth-order valence-electron chi connectivity index (χ4n) is 2.59. The summed E-state index contributed by atoms with van der Waals surface area (Å²) < 4.78 is 5.26. The predicted molar refractivity (Wildman–Crippen MR) is 91.8 cm³/mol. The summed E-state index contributed by atoms with van der Waals surface area (Å²) in [4.78, 5) is 12.0. The Morgan fingerprint density at radius 3 is 2.83 bits per heavy atom. The molecule has 23 heavy (non-hydrogen) atoms. The minimum Gasteiger partial charge on any atom is -0.387 e. The largest absolute Gasteiger partial charge is 0.387 e. The van der Waals surface area contributed by atoms with Gasteiger partial charge in [-0.2, -0.15) is 0 Å². The van der Waals surface area contributed by atoms with Crippen molar-refractivity contribution in [3.63, 3.8) is 0 Å². The molecule has 124 valence electrons. The number of carbonyl (C=O) groups is 1. The number of halogens is 1. The lowest BCUT2D eigenvalue weighted by Crippen LogP contribution is -2.51. The molecule has 2 atom stereocenters. The van der Waals surface area contributed by atoms with Gasteiger partial charge in [-0.05, 0) is 22.4 Å². The second-order valence-electron chi connectivity index (χ2n) is 5.45. The Morgan fingerprint density at radius 2 is 2.09 bits per heavy atom. The minimum atomic E-state index is -0.724. The molecular formula is C17H21ClN2O3. The van der Waals surface area contributed by atoms with Gasteiger partial charge in [-0.1, -0.05) is 36.4 Å². The van der Waals surface area contributed by atoms with Gasteiger partial charge in [0.1, 0.15) is 6.04 Å². The van der Waals surface area contributed by atoms with Crippen LogP contribution in [0.2, 0.25) is 0 Å². The summed E-state index contributed by atoms with van der Waals surface area (Å²) in [6, 6.07) is 13.5. The predicted octanol–water partition coefficient (Wildman–Crippen LogP) is 1.40. The van der Waals surface area contributed by atoms with Crippen LogP contribution >= 0.6 is 12.4 Å². The highest BCUT2D eigenvalue weighted by Crippen LogP contribution is 2.20. The van der Waals surface area contributed by atoms with Crippen molar-refractivity contribution in [3.8, 4) is 0 Å². The third kappa shape index (κ3) is 4.42. The van der Waals surface area contributed by atoms with Crippen molar-refractivity contribution in [1.82, 2.24) is 10.6 Å². The number of aliphatic hydroxyl groups is 1. The van der Waals surface area contributed by atoms with Crippen molar-refractivity contribution in [2.45, 2.75) is 12.1 Å². The van der Waals surface area contributed by atoms with Crippen LogP contribution in [0.25, 0.3) is 10.8 Å². The molecule has 2 aromatic carbocycles. The molecule has 1 aliphatic heterocycles. The first-order chi connectivity index (χ1) is 10.7. The quantitative estimate of drug-likeness (QED) is 0.789. The van der Waals surface area contributed by atoms with E-state index in [4.69, 9.17) is 4.74 Å². The fraction of sp³-hybridized carbons (Fsp3) is 0.353. The van der Waals surface area contributed by atoms with Crippen molar-refractivity contribution in [3.05, 3.63) is 48.0 Å². The van der Waals surface area contributed by atoms with Gasteiger partial charge in [0.25, 0.3) is 0 Å². The average Bonchev–Trinajstić information content (AvgIpc) is 2.59. The molecule has 2 aromatic rings. The highest BCUT2D eigenvalue weighted by Gasteiger charge is 2.21. The summed E-state index contributed by atoms with van der Waals surface area (Å²) in [6.07, 6.45) is -0.724. The maximum absolute atomic E-state index is 12.0. The van der Waals surface area contributed by atoms with Gasteiger partial charge >= 0.3 is 0 Å². The Labute approximate surface area is 141 Å². The maximum Gasteiger partial charge on any atom is 0.239 e. The number of fused-ring (bicyclic) bond motifs is 1. The van der Waals surface area contributed by atoms with Gasteiger partial charge in [0.2, 0.25) is 5.91 Å². The first-order valence-corrected chi connectivity index (χ1v) is 7.49. The van der Waals surface area contributed by atoms with Gasteiger partial charge in [0.05, 0.1) is 19.3 Å². The average molecular weight is 337 g/mol. The number of rotatable bonds is 4. The maximum atomic E-state index is 12.0. The van der Waals surface area contributed by atoms with Gasteiger partial charge in [-0.25, -0.2) is 0 Å². The summed E-state index contributed by atoms with van der Waals surface area (Å²) in [6.45, 7) is 1.86. The van der Waals surface area contributed by atoms with Gasteiger partial charge in [0.15, 0.2) is 0 Å². The Balaban J connectivity index is 0.00000192. The molecule has 1 heterocycles. The second-order valence-corrected chi connectivity index (χ2v) is 5.45. The zero-order chi connectivity index (χ0) is 15.4. The Morgan fingerprint density at radius 1 is 1.30 bits per heavy atom. The molecule has 5 nitrogen and oxygen atoms in total. The first-order valence-electron chi connectivity index (χ1n) is 7.49. The van der Waals surface area contributed by atoms with Crippen LogP contribution in [0, 0.1) is 0 Å². The lowest BCUT2D eigenvalue weighted by Gasteiger charge is -2.23. The van der Waals surface area contributed by atoms with Crippen LogP contribution in [-0.4, -0.2) is 43.4 Å². The number of amides is 1. The zero-order valence-corrected chi connectivity index (χ0v) is 13.5. The topological polar surface area (TPSA) is 70.6 Å². The van der Waals surface area contributed by atoms with Crippen LogP contribution < -0.4 is 10.6 Å². The molecule has 1 saturated heterocycles. The smallest absolute Gasteiger partial charge is 0.239 e. The lowest BCUT2D eigenvalue weighted by atomic mass is 10.0. The number of morpholine rings is 1. The molecular weight excluding hydrogens is 316 g/mol. The van der Waals surface area contributed by atoms with E-state index in [1.165, 1.54) is 0 Å². The summed E-state index contributed by atoms with van der Waals surface area (Å²) in [5, 5.41) is 18.3. The number of hydrogen-bond acceptors (Lipinski definition) is 4. The van der Waals surface area contributed by atoms with E-state index in [2.05, 4.69) is 10.6 Å².